The van der Waals surface area contributed by atoms with Crippen LogP contribution in [0.5, 0.6) is 5.75 Å². The number of benzene rings is 2. The van der Waals surface area contributed by atoms with Crippen LogP contribution in [0.1, 0.15) is 43.0 Å². The van der Waals surface area contributed by atoms with E-state index in [1.54, 1.807) is 4.90 Å². The summed E-state index contributed by atoms with van der Waals surface area (Å²) >= 11 is 0. The molecule has 0 aromatic heterocycles. The minimum atomic E-state index is 0.000583. The molecule has 1 saturated heterocycles. The zero-order valence-corrected chi connectivity index (χ0v) is 18.9. The van der Waals surface area contributed by atoms with Gasteiger partial charge in [-0.25, -0.2) is 0 Å². The molecule has 32 heavy (non-hydrogen) atoms. The molecule has 1 saturated carbocycles. The zero-order chi connectivity index (χ0) is 22.5. The molecule has 0 unspecified atom stereocenters. The highest BCUT2D eigenvalue weighted by atomic mass is 16.5. The molecule has 1 aliphatic heterocycles. The molecule has 6 heteroatoms. The first-order valence-electron chi connectivity index (χ1n) is 11.5. The topological polar surface area (TPSA) is 67.9 Å². The van der Waals surface area contributed by atoms with Crippen LogP contribution in [0, 0.1) is 5.92 Å². The van der Waals surface area contributed by atoms with E-state index in [0.717, 1.165) is 49.2 Å². The van der Waals surface area contributed by atoms with E-state index in [4.69, 9.17) is 9.47 Å². The number of hydrogen-bond donors (Lipinski definition) is 1. The Labute approximate surface area is 189 Å². The lowest BCUT2D eigenvalue weighted by Gasteiger charge is -2.25. The van der Waals surface area contributed by atoms with Gasteiger partial charge in [0.25, 0.3) is 5.91 Å². The molecule has 0 radical (unpaired) electrons. The van der Waals surface area contributed by atoms with Crippen LogP contribution in [0.2, 0.25) is 0 Å². The molecule has 1 N–H and O–H groups in total. The Balaban J connectivity index is 1.35. The van der Waals surface area contributed by atoms with Gasteiger partial charge in [-0.05, 0) is 61.6 Å². The highest BCUT2D eigenvalue weighted by Gasteiger charge is 2.33. The quantitative estimate of drug-likeness (QED) is 0.715. The summed E-state index contributed by atoms with van der Waals surface area (Å²) < 4.78 is 11.3. The summed E-state index contributed by atoms with van der Waals surface area (Å²) in [6.45, 7) is 3.99. The van der Waals surface area contributed by atoms with E-state index in [9.17, 15) is 9.59 Å². The minimum Gasteiger partial charge on any atom is -0.488 e. The molecule has 170 valence electrons. The highest BCUT2D eigenvalue weighted by Crippen LogP contribution is 2.30. The number of hydrogen-bond acceptors (Lipinski definition) is 4. The van der Waals surface area contributed by atoms with E-state index in [0.29, 0.717) is 18.7 Å². The first-order valence-corrected chi connectivity index (χ1v) is 11.5. The van der Waals surface area contributed by atoms with Crippen LogP contribution < -0.4 is 10.1 Å². The Hall–Kier alpha value is -2.86. The third kappa shape index (κ3) is 5.13. The third-order valence-corrected chi connectivity index (χ3v) is 6.50. The second-order valence-electron chi connectivity index (χ2n) is 8.68. The number of carbonyl (C=O) groups excluding carboxylic acids is 2. The van der Waals surface area contributed by atoms with Crippen LogP contribution in [-0.4, -0.2) is 55.7 Å². The molecule has 0 bridgehead atoms. The van der Waals surface area contributed by atoms with Crippen molar-refractivity contribution in [3.8, 4) is 16.9 Å². The van der Waals surface area contributed by atoms with E-state index in [-0.39, 0.29) is 29.9 Å². The number of ether oxygens (including phenoxy) is 2. The fraction of sp³-hybridized carbons (Fsp3) is 0.462. The van der Waals surface area contributed by atoms with Crippen LogP contribution in [-0.2, 0) is 9.53 Å². The predicted octanol–water partition coefficient (Wildman–Crippen LogP) is 3.90. The third-order valence-electron chi connectivity index (χ3n) is 6.50. The SMILES string of the molecule is CCNC(=O)[C@H]1CC[C@@H](N(C)C(=O)c2ccc(-c3ccc(O[C@@H]4CCOC4)cc3)cc2)C1. The summed E-state index contributed by atoms with van der Waals surface area (Å²) in [5.41, 5.74) is 2.80. The van der Waals surface area contributed by atoms with Crippen molar-refractivity contribution in [2.24, 2.45) is 5.92 Å². The van der Waals surface area contributed by atoms with Crippen molar-refractivity contribution < 1.29 is 19.1 Å². The van der Waals surface area contributed by atoms with Crippen molar-refractivity contribution in [2.75, 3.05) is 26.8 Å². The summed E-state index contributed by atoms with van der Waals surface area (Å²) in [7, 11) is 1.84. The van der Waals surface area contributed by atoms with E-state index >= 15 is 0 Å². The Kier molecular flexibility index (Phi) is 7.10. The molecule has 3 atom stereocenters. The molecular formula is C26H32N2O4. The Morgan fingerprint density at radius 3 is 2.34 bits per heavy atom. The average molecular weight is 437 g/mol. The van der Waals surface area contributed by atoms with E-state index in [1.807, 2.05) is 62.5 Å². The number of rotatable bonds is 7. The standard InChI is InChI=1S/C26H32N2O4/c1-3-27-25(29)21-8-11-22(16-21)28(2)26(30)20-6-4-18(5-7-20)19-9-12-23(13-10-19)32-24-14-15-31-17-24/h4-7,9-10,12-13,21-22,24H,3,8,11,14-17H2,1-2H3,(H,27,29)/t21-,22+,24+/m0/s1. The molecule has 1 aliphatic carbocycles. The van der Waals surface area contributed by atoms with Gasteiger partial charge in [0.2, 0.25) is 5.91 Å². The fourth-order valence-electron chi connectivity index (χ4n) is 4.57. The average Bonchev–Trinajstić information content (AvgIpc) is 3.51. The maximum Gasteiger partial charge on any atom is 0.253 e. The molecule has 0 spiro atoms. The summed E-state index contributed by atoms with van der Waals surface area (Å²) in [6.07, 6.45) is 3.50. The number of amides is 2. The maximum absolute atomic E-state index is 13.0. The largest absolute Gasteiger partial charge is 0.488 e. The van der Waals surface area contributed by atoms with Crippen LogP contribution in [0.3, 0.4) is 0 Å². The Bertz CT molecular complexity index is 920. The molecule has 2 amide bonds. The lowest BCUT2D eigenvalue weighted by Crippen LogP contribution is -2.36. The first-order chi connectivity index (χ1) is 15.5. The van der Waals surface area contributed by atoms with Gasteiger partial charge in [-0.15, -0.1) is 0 Å². The number of carbonyl (C=O) groups is 2. The van der Waals surface area contributed by atoms with Crippen LogP contribution in [0.15, 0.2) is 48.5 Å². The van der Waals surface area contributed by atoms with Crippen molar-refractivity contribution in [3.63, 3.8) is 0 Å². The van der Waals surface area contributed by atoms with Gasteiger partial charge >= 0.3 is 0 Å². The fourth-order valence-corrected chi connectivity index (χ4v) is 4.57. The molecule has 1 heterocycles. The van der Waals surface area contributed by atoms with Crippen molar-refractivity contribution in [2.45, 2.75) is 44.8 Å². The first kappa shape index (κ1) is 22.3. The molecule has 2 aliphatic rings. The molecule has 4 rings (SSSR count). The summed E-state index contributed by atoms with van der Waals surface area (Å²) in [4.78, 5) is 26.9. The molecule has 2 aromatic carbocycles. The van der Waals surface area contributed by atoms with Gasteiger partial charge in [-0.1, -0.05) is 24.3 Å². The van der Waals surface area contributed by atoms with E-state index in [1.165, 1.54) is 0 Å². The van der Waals surface area contributed by atoms with Gasteiger partial charge < -0.3 is 19.7 Å². The molecule has 2 aromatic rings. The Morgan fingerprint density at radius 2 is 1.72 bits per heavy atom. The number of nitrogens with one attached hydrogen (secondary N) is 1. The molecular weight excluding hydrogens is 404 g/mol. The summed E-state index contributed by atoms with van der Waals surface area (Å²) in [5, 5.41) is 2.90. The van der Waals surface area contributed by atoms with Gasteiger partial charge in [-0.3, -0.25) is 9.59 Å². The second-order valence-corrected chi connectivity index (χ2v) is 8.68. The van der Waals surface area contributed by atoms with Crippen LogP contribution >= 0.6 is 0 Å². The van der Waals surface area contributed by atoms with E-state index in [2.05, 4.69) is 5.32 Å². The summed E-state index contributed by atoms with van der Waals surface area (Å²) in [5.74, 6) is 0.958. The van der Waals surface area contributed by atoms with E-state index < -0.39 is 0 Å². The van der Waals surface area contributed by atoms with Gasteiger partial charge in [0.05, 0.1) is 13.2 Å². The van der Waals surface area contributed by atoms with Gasteiger partial charge in [0.1, 0.15) is 11.9 Å². The number of nitrogens with zero attached hydrogens (tertiary/aromatic N) is 1. The zero-order valence-electron chi connectivity index (χ0n) is 18.9. The summed E-state index contributed by atoms with van der Waals surface area (Å²) in [6, 6.07) is 15.9. The molecule has 2 fully saturated rings. The molecule has 6 nitrogen and oxygen atoms in total. The minimum absolute atomic E-state index is 0.000583. The normalized spacial score (nSPS) is 22.5. The van der Waals surface area contributed by atoms with Crippen molar-refractivity contribution in [1.82, 2.24) is 10.2 Å². The highest BCUT2D eigenvalue weighted by molar-refractivity contribution is 5.95. The maximum atomic E-state index is 13.0. The lowest BCUT2D eigenvalue weighted by molar-refractivity contribution is -0.124. The van der Waals surface area contributed by atoms with Gasteiger partial charge in [-0.2, -0.15) is 0 Å². The smallest absolute Gasteiger partial charge is 0.253 e. The monoisotopic (exact) mass is 436 g/mol. The van der Waals surface area contributed by atoms with Crippen molar-refractivity contribution in [3.05, 3.63) is 54.1 Å². The predicted molar refractivity (Wildman–Crippen MR) is 124 cm³/mol. The Morgan fingerprint density at radius 1 is 1.03 bits per heavy atom. The van der Waals surface area contributed by atoms with Crippen LogP contribution in [0.25, 0.3) is 11.1 Å². The van der Waals surface area contributed by atoms with Gasteiger partial charge in [0.15, 0.2) is 0 Å². The van der Waals surface area contributed by atoms with Gasteiger partial charge in [0, 0.05) is 37.5 Å². The van der Waals surface area contributed by atoms with Crippen molar-refractivity contribution >= 4 is 11.8 Å². The van der Waals surface area contributed by atoms with Crippen LogP contribution in [0.4, 0.5) is 0 Å². The lowest BCUT2D eigenvalue weighted by atomic mass is 10.0. The van der Waals surface area contributed by atoms with Crippen molar-refractivity contribution in [1.29, 1.82) is 0 Å². The second kappa shape index (κ2) is 10.2.